The molecule has 2 N–H and O–H groups in total. The molecule has 11 heavy (non-hydrogen) atoms. The lowest BCUT2D eigenvalue weighted by Gasteiger charge is -2.48. The van der Waals surface area contributed by atoms with E-state index in [4.69, 9.17) is 5.73 Å². The van der Waals surface area contributed by atoms with E-state index in [1.54, 1.807) is 0 Å². The summed E-state index contributed by atoms with van der Waals surface area (Å²) < 4.78 is 0.453. The van der Waals surface area contributed by atoms with E-state index in [0.717, 1.165) is 18.4 Å². The number of nitrogens with two attached hydrogens (primary N) is 1. The molecule has 0 unspecified atom stereocenters. The van der Waals surface area contributed by atoms with Crippen molar-refractivity contribution in [3.63, 3.8) is 0 Å². The van der Waals surface area contributed by atoms with Crippen LogP contribution in [0.2, 0.25) is 0 Å². The average molecular weight is 173 g/mol. The van der Waals surface area contributed by atoms with Gasteiger partial charge in [-0.2, -0.15) is 11.8 Å². The van der Waals surface area contributed by atoms with Gasteiger partial charge in [-0.3, -0.25) is 0 Å². The van der Waals surface area contributed by atoms with Crippen LogP contribution in [0.25, 0.3) is 0 Å². The molecule has 1 nitrogen and oxygen atoms in total. The first-order valence-corrected chi connectivity index (χ1v) is 5.61. The standard InChI is InChI=1S/C9H19NS/c1-7(2)8-4-9(5-8,6-10)11-3/h7-8H,4-6,10H2,1-3H3. The lowest BCUT2D eigenvalue weighted by atomic mass is 9.69. The molecule has 0 aromatic rings. The summed E-state index contributed by atoms with van der Waals surface area (Å²) in [6.07, 6.45) is 4.86. The smallest absolute Gasteiger partial charge is 0.0285 e. The minimum atomic E-state index is 0.453. The van der Waals surface area contributed by atoms with Gasteiger partial charge >= 0.3 is 0 Å². The van der Waals surface area contributed by atoms with Crippen LogP contribution in [0.4, 0.5) is 0 Å². The highest BCUT2D eigenvalue weighted by atomic mass is 32.2. The molecule has 0 heterocycles. The Labute approximate surface area is 74.1 Å². The predicted octanol–water partition coefficient (Wildman–Crippen LogP) is 2.11. The van der Waals surface area contributed by atoms with E-state index in [9.17, 15) is 0 Å². The molecule has 1 aliphatic carbocycles. The highest BCUT2D eigenvalue weighted by Gasteiger charge is 2.43. The maximum atomic E-state index is 5.72. The molecule has 0 amide bonds. The second-order valence-corrected chi connectivity index (χ2v) is 5.28. The zero-order chi connectivity index (χ0) is 8.48. The van der Waals surface area contributed by atoms with Crippen LogP contribution in [0.1, 0.15) is 26.7 Å². The summed E-state index contributed by atoms with van der Waals surface area (Å²) in [5.74, 6) is 1.79. The quantitative estimate of drug-likeness (QED) is 0.707. The topological polar surface area (TPSA) is 26.0 Å². The van der Waals surface area contributed by atoms with E-state index < -0.39 is 0 Å². The molecule has 0 saturated heterocycles. The number of hydrogen-bond donors (Lipinski definition) is 1. The minimum absolute atomic E-state index is 0.453. The Bertz CT molecular complexity index is 122. The van der Waals surface area contributed by atoms with Gasteiger partial charge in [0.15, 0.2) is 0 Å². The van der Waals surface area contributed by atoms with Gasteiger partial charge in [0.05, 0.1) is 0 Å². The average Bonchev–Trinajstić information content (AvgIpc) is 1.87. The molecule has 1 saturated carbocycles. The molecule has 0 aliphatic heterocycles. The van der Waals surface area contributed by atoms with Crippen LogP contribution >= 0.6 is 11.8 Å². The molecule has 0 bridgehead atoms. The van der Waals surface area contributed by atoms with Crippen LogP contribution in [0.3, 0.4) is 0 Å². The van der Waals surface area contributed by atoms with Crippen molar-refractivity contribution in [1.29, 1.82) is 0 Å². The van der Waals surface area contributed by atoms with Gasteiger partial charge in [-0.25, -0.2) is 0 Å². The van der Waals surface area contributed by atoms with Crippen LogP contribution in [-0.2, 0) is 0 Å². The van der Waals surface area contributed by atoms with Crippen molar-refractivity contribution in [3.8, 4) is 0 Å². The monoisotopic (exact) mass is 173 g/mol. The van der Waals surface area contributed by atoms with Crippen molar-refractivity contribution in [1.82, 2.24) is 0 Å². The maximum absolute atomic E-state index is 5.72. The van der Waals surface area contributed by atoms with Crippen molar-refractivity contribution in [3.05, 3.63) is 0 Å². The molecular weight excluding hydrogens is 154 g/mol. The molecular formula is C9H19NS. The summed E-state index contributed by atoms with van der Waals surface area (Å²) in [4.78, 5) is 0. The van der Waals surface area contributed by atoms with E-state index in [-0.39, 0.29) is 0 Å². The molecule has 1 rings (SSSR count). The van der Waals surface area contributed by atoms with Crippen molar-refractivity contribution < 1.29 is 0 Å². The molecule has 0 radical (unpaired) electrons. The second kappa shape index (κ2) is 3.36. The third-order valence-corrected chi connectivity index (χ3v) is 4.38. The number of thioether (sulfide) groups is 1. The summed E-state index contributed by atoms with van der Waals surface area (Å²) in [5, 5.41) is 0. The fraction of sp³-hybridized carbons (Fsp3) is 1.00. The molecule has 1 aliphatic rings. The highest BCUT2D eigenvalue weighted by Crippen LogP contribution is 2.49. The van der Waals surface area contributed by atoms with E-state index in [1.807, 2.05) is 11.8 Å². The molecule has 0 aromatic carbocycles. The predicted molar refractivity (Wildman–Crippen MR) is 52.9 cm³/mol. The zero-order valence-corrected chi connectivity index (χ0v) is 8.58. The molecule has 0 atom stereocenters. The van der Waals surface area contributed by atoms with Gasteiger partial charge in [-0.1, -0.05) is 13.8 Å². The van der Waals surface area contributed by atoms with Gasteiger partial charge in [-0.05, 0) is 30.9 Å². The third-order valence-electron chi connectivity index (χ3n) is 3.02. The Hall–Kier alpha value is 0.310. The van der Waals surface area contributed by atoms with Gasteiger partial charge in [-0.15, -0.1) is 0 Å². The first-order valence-electron chi connectivity index (χ1n) is 4.39. The zero-order valence-electron chi connectivity index (χ0n) is 7.76. The highest BCUT2D eigenvalue weighted by molar-refractivity contribution is 8.00. The van der Waals surface area contributed by atoms with E-state index in [2.05, 4.69) is 20.1 Å². The molecule has 0 spiro atoms. The van der Waals surface area contributed by atoms with Crippen LogP contribution < -0.4 is 5.73 Å². The molecule has 66 valence electrons. The van der Waals surface area contributed by atoms with E-state index >= 15 is 0 Å². The Morgan fingerprint density at radius 2 is 2.09 bits per heavy atom. The normalized spacial score (nSPS) is 37.4. The van der Waals surface area contributed by atoms with Gasteiger partial charge in [0.2, 0.25) is 0 Å². The van der Waals surface area contributed by atoms with Crippen molar-refractivity contribution >= 4 is 11.8 Å². The second-order valence-electron chi connectivity index (χ2n) is 4.00. The van der Waals surface area contributed by atoms with Crippen LogP contribution in [0.5, 0.6) is 0 Å². The SMILES string of the molecule is CSC1(CN)CC(C(C)C)C1. The molecule has 2 heteroatoms. The lowest BCUT2D eigenvalue weighted by molar-refractivity contribution is 0.176. The van der Waals surface area contributed by atoms with E-state index in [1.165, 1.54) is 12.8 Å². The van der Waals surface area contributed by atoms with Crippen molar-refractivity contribution in [2.24, 2.45) is 17.6 Å². The minimum Gasteiger partial charge on any atom is -0.329 e. The van der Waals surface area contributed by atoms with Crippen LogP contribution in [0, 0.1) is 11.8 Å². The van der Waals surface area contributed by atoms with E-state index in [0.29, 0.717) is 4.75 Å². The van der Waals surface area contributed by atoms with Crippen LogP contribution in [0.15, 0.2) is 0 Å². The number of rotatable bonds is 3. The summed E-state index contributed by atoms with van der Waals surface area (Å²) in [6.45, 7) is 5.48. The van der Waals surface area contributed by atoms with Gasteiger partial charge < -0.3 is 5.73 Å². The van der Waals surface area contributed by atoms with Crippen molar-refractivity contribution in [2.45, 2.75) is 31.4 Å². The third kappa shape index (κ3) is 1.73. The Morgan fingerprint density at radius 3 is 2.36 bits per heavy atom. The fourth-order valence-electron chi connectivity index (χ4n) is 1.78. The molecule has 0 aromatic heterocycles. The maximum Gasteiger partial charge on any atom is 0.0285 e. The number of hydrogen-bond acceptors (Lipinski definition) is 2. The van der Waals surface area contributed by atoms with Gasteiger partial charge in [0.25, 0.3) is 0 Å². The first kappa shape index (κ1) is 9.40. The summed E-state index contributed by atoms with van der Waals surface area (Å²) in [7, 11) is 0. The first-order chi connectivity index (χ1) is 5.13. The molecule has 1 fully saturated rings. The Morgan fingerprint density at radius 1 is 1.55 bits per heavy atom. The van der Waals surface area contributed by atoms with Gasteiger partial charge in [0.1, 0.15) is 0 Å². The lowest BCUT2D eigenvalue weighted by Crippen LogP contribution is -2.48. The van der Waals surface area contributed by atoms with Crippen molar-refractivity contribution in [2.75, 3.05) is 12.8 Å². The summed E-state index contributed by atoms with van der Waals surface area (Å²) in [6, 6.07) is 0. The Balaban J connectivity index is 2.35. The summed E-state index contributed by atoms with van der Waals surface area (Å²) >= 11 is 1.96. The Kier molecular flexibility index (Phi) is 2.87. The largest absolute Gasteiger partial charge is 0.329 e. The fourth-order valence-corrected chi connectivity index (χ4v) is 2.71. The summed E-state index contributed by atoms with van der Waals surface area (Å²) in [5.41, 5.74) is 5.72. The van der Waals surface area contributed by atoms with Crippen LogP contribution in [-0.4, -0.2) is 17.5 Å². The van der Waals surface area contributed by atoms with Gasteiger partial charge in [0, 0.05) is 11.3 Å².